The van der Waals surface area contributed by atoms with E-state index < -0.39 is 0 Å². The number of rotatable bonds is 0. The van der Waals surface area contributed by atoms with Crippen molar-refractivity contribution >= 4 is 16.6 Å². The molecule has 0 unspecified atom stereocenters. The van der Waals surface area contributed by atoms with Crippen molar-refractivity contribution in [2.75, 3.05) is 0 Å². The third-order valence-corrected chi connectivity index (χ3v) is 3.92. The molecule has 0 bridgehead atoms. The van der Waals surface area contributed by atoms with Crippen molar-refractivity contribution in [3.8, 4) is 11.6 Å². The number of ether oxygens (including phenoxy) is 1. The van der Waals surface area contributed by atoms with Gasteiger partial charge >= 0.3 is 0 Å². The zero-order valence-electron chi connectivity index (χ0n) is 10.6. The molecule has 0 radical (unpaired) electrons. The molecular formula is C16H11N3O. The number of hydrogen-bond donors (Lipinski definition) is 1. The fourth-order valence-corrected chi connectivity index (χ4v) is 2.93. The minimum Gasteiger partial charge on any atom is -0.437 e. The highest BCUT2D eigenvalue weighted by molar-refractivity contribution is 5.91. The summed E-state index contributed by atoms with van der Waals surface area (Å²) in [5.74, 6) is 1.62. The van der Waals surface area contributed by atoms with Gasteiger partial charge in [-0.15, -0.1) is 0 Å². The summed E-state index contributed by atoms with van der Waals surface area (Å²) in [5.41, 5.74) is 4.28. The first-order valence-electron chi connectivity index (χ1n) is 6.63. The van der Waals surface area contributed by atoms with Gasteiger partial charge in [-0.05, 0) is 18.2 Å². The molecular weight excluding hydrogens is 250 g/mol. The van der Waals surface area contributed by atoms with E-state index in [0.717, 1.165) is 34.4 Å². The van der Waals surface area contributed by atoms with Crippen LogP contribution < -0.4 is 4.74 Å². The van der Waals surface area contributed by atoms with Crippen molar-refractivity contribution in [3.05, 3.63) is 60.0 Å². The van der Waals surface area contributed by atoms with Crippen LogP contribution in [0.15, 0.2) is 48.8 Å². The summed E-state index contributed by atoms with van der Waals surface area (Å²) in [5, 5.41) is 1.16. The molecule has 5 rings (SSSR count). The van der Waals surface area contributed by atoms with Crippen LogP contribution in [0.2, 0.25) is 0 Å². The second-order valence-electron chi connectivity index (χ2n) is 5.07. The molecule has 20 heavy (non-hydrogen) atoms. The predicted octanol–water partition coefficient (Wildman–Crippen LogP) is 3.51. The number of nitrogens with zero attached hydrogens (tertiary/aromatic N) is 2. The summed E-state index contributed by atoms with van der Waals surface area (Å²) in [6, 6.07) is 12.3. The number of nitrogens with one attached hydrogen (secondary N) is 1. The van der Waals surface area contributed by atoms with Gasteiger partial charge in [0.2, 0.25) is 5.88 Å². The second-order valence-corrected chi connectivity index (χ2v) is 5.07. The highest BCUT2D eigenvalue weighted by Crippen LogP contribution is 2.37. The standard InChI is InChI=1S/C16H11N3O/c1-2-4-13-11(3-1)9-12-16(20-13)18-15-14-10(5-7-17-14)6-8-19(12)15/h1-8,17H,9H2. The predicted molar refractivity (Wildman–Crippen MR) is 76.4 cm³/mol. The Labute approximate surface area is 114 Å². The summed E-state index contributed by atoms with van der Waals surface area (Å²) in [6.45, 7) is 0. The minimum atomic E-state index is 0.714. The van der Waals surface area contributed by atoms with Crippen LogP contribution in [0, 0.1) is 0 Å². The smallest absolute Gasteiger partial charge is 0.241 e. The fraction of sp³-hybridized carbons (Fsp3) is 0.0625. The number of aromatic nitrogens is 3. The number of hydrogen-bond acceptors (Lipinski definition) is 2. The zero-order valence-corrected chi connectivity index (χ0v) is 10.6. The van der Waals surface area contributed by atoms with E-state index in [1.165, 1.54) is 5.56 Å². The topological polar surface area (TPSA) is 42.3 Å². The van der Waals surface area contributed by atoms with Gasteiger partial charge in [-0.3, -0.25) is 4.40 Å². The maximum Gasteiger partial charge on any atom is 0.241 e. The SMILES string of the molecule is c1ccc2c(c1)Cc1c(nc3c4[nH]ccc4ccn13)O2. The average Bonchev–Trinajstić information content (AvgIpc) is 3.08. The van der Waals surface area contributed by atoms with Gasteiger partial charge in [0, 0.05) is 29.8 Å². The lowest BCUT2D eigenvalue weighted by atomic mass is 10.1. The first-order chi connectivity index (χ1) is 9.90. The Kier molecular flexibility index (Phi) is 1.72. The van der Waals surface area contributed by atoms with E-state index in [4.69, 9.17) is 4.74 Å². The van der Waals surface area contributed by atoms with E-state index in [1.807, 2.05) is 24.4 Å². The van der Waals surface area contributed by atoms with Gasteiger partial charge in [0.25, 0.3) is 0 Å². The molecule has 4 heterocycles. The Morgan fingerprint density at radius 2 is 2.10 bits per heavy atom. The summed E-state index contributed by atoms with van der Waals surface area (Å²) >= 11 is 0. The van der Waals surface area contributed by atoms with Crippen molar-refractivity contribution in [1.29, 1.82) is 0 Å². The molecule has 0 saturated heterocycles. The Hall–Kier alpha value is -2.75. The quantitative estimate of drug-likeness (QED) is 0.463. The zero-order chi connectivity index (χ0) is 13.1. The van der Waals surface area contributed by atoms with E-state index in [2.05, 4.69) is 38.8 Å². The molecule has 0 aliphatic carbocycles. The van der Waals surface area contributed by atoms with Gasteiger partial charge in [0.05, 0.1) is 11.2 Å². The molecule has 4 heteroatoms. The number of pyridine rings is 1. The van der Waals surface area contributed by atoms with Crippen LogP contribution in [0.3, 0.4) is 0 Å². The third-order valence-electron chi connectivity index (χ3n) is 3.92. The monoisotopic (exact) mass is 261 g/mol. The highest BCUT2D eigenvalue weighted by atomic mass is 16.5. The lowest BCUT2D eigenvalue weighted by Crippen LogP contribution is -2.04. The molecule has 1 N–H and O–H groups in total. The van der Waals surface area contributed by atoms with E-state index in [1.54, 1.807) is 0 Å². The summed E-state index contributed by atoms with van der Waals surface area (Å²) < 4.78 is 8.06. The van der Waals surface area contributed by atoms with Crippen molar-refractivity contribution in [3.63, 3.8) is 0 Å². The maximum absolute atomic E-state index is 5.94. The van der Waals surface area contributed by atoms with Crippen LogP contribution in [0.1, 0.15) is 11.3 Å². The number of fused-ring (bicyclic) bond motifs is 6. The Morgan fingerprint density at radius 3 is 3.10 bits per heavy atom. The van der Waals surface area contributed by atoms with Gasteiger partial charge in [0.15, 0.2) is 5.65 Å². The second kappa shape index (κ2) is 3.42. The molecule has 0 saturated carbocycles. The molecule has 1 aliphatic rings. The van der Waals surface area contributed by atoms with Crippen molar-refractivity contribution < 1.29 is 4.74 Å². The fourth-order valence-electron chi connectivity index (χ4n) is 2.93. The lowest BCUT2D eigenvalue weighted by Gasteiger charge is -2.15. The van der Waals surface area contributed by atoms with Gasteiger partial charge in [0.1, 0.15) is 5.75 Å². The van der Waals surface area contributed by atoms with Gasteiger partial charge in [-0.1, -0.05) is 18.2 Å². The Bertz CT molecular complexity index is 964. The number of H-pyrrole nitrogens is 1. The normalized spacial score (nSPS) is 13.2. The number of aromatic amines is 1. The minimum absolute atomic E-state index is 0.714. The van der Waals surface area contributed by atoms with Crippen LogP contribution in [0.5, 0.6) is 11.6 Å². The molecule has 1 aliphatic heterocycles. The van der Waals surface area contributed by atoms with Crippen molar-refractivity contribution in [2.24, 2.45) is 0 Å². The van der Waals surface area contributed by atoms with Crippen molar-refractivity contribution in [1.82, 2.24) is 14.4 Å². The molecule has 0 atom stereocenters. The summed E-state index contributed by atoms with van der Waals surface area (Å²) in [6.07, 6.45) is 4.85. The van der Waals surface area contributed by atoms with Crippen molar-refractivity contribution in [2.45, 2.75) is 6.42 Å². The molecule has 4 nitrogen and oxygen atoms in total. The number of benzene rings is 1. The number of imidazole rings is 1. The maximum atomic E-state index is 5.94. The van der Waals surface area contributed by atoms with E-state index in [9.17, 15) is 0 Å². The molecule has 0 fully saturated rings. The van der Waals surface area contributed by atoms with E-state index in [-0.39, 0.29) is 0 Å². The Balaban J connectivity index is 1.83. The van der Waals surface area contributed by atoms with E-state index in [0.29, 0.717) is 5.88 Å². The molecule has 4 aromatic rings. The van der Waals surface area contributed by atoms with Crippen LogP contribution in [-0.4, -0.2) is 14.4 Å². The molecule has 0 spiro atoms. The van der Waals surface area contributed by atoms with Crippen LogP contribution in [0.25, 0.3) is 16.6 Å². The average molecular weight is 261 g/mol. The largest absolute Gasteiger partial charge is 0.437 e. The van der Waals surface area contributed by atoms with Gasteiger partial charge in [-0.2, -0.15) is 4.98 Å². The third kappa shape index (κ3) is 1.18. The Morgan fingerprint density at radius 1 is 1.15 bits per heavy atom. The number of para-hydroxylation sites is 1. The van der Waals surface area contributed by atoms with Crippen LogP contribution in [0.4, 0.5) is 0 Å². The van der Waals surface area contributed by atoms with Gasteiger partial charge in [-0.25, -0.2) is 0 Å². The molecule has 0 amide bonds. The highest BCUT2D eigenvalue weighted by Gasteiger charge is 2.22. The summed E-state index contributed by atoms with van der Waals surface area (Å²) in [7, 11) is 0. The van der Waals surface area contributed by atoms with Crippen LogP contribution >= 0.6 is 0 Å². The van der Waals surface area contributed by atoms with Crippen LogP contribution in [-0.2, 0) is 6.42 Å². The lowest BCUT2D eigenvalue weighted by molar-refractivity contribution is 0.443. The first-order valence-corrected chi connectivity index (χ1v) is 6.63. The molecule has 96 valence electrons. The summed E-state index contributed by atoms with van der Waals surface area (Å²) in [4.78, 5) is 7.92. The molecule has 3 aromatic heterocycles. The van der Waals surface area contributed by atoms with Gasteiger partial charge < -0.3 is 9.72 Å². The molecule has 1 aromatic carbocycles. The first kappa shape index (κ1) is 10.1. The van der Waals surface area contributed by atoms with E-state index >= 15 is 0 Å².